The van der Waals surface area contributed by atoms with E-state index in [1.54, 1.807) is 43.8 Å². The van der Waals surface area contributed by atoms with Gasteiger partial charge in [-0.3, -0.25) is 24.1 Å². The van der Waals surface area contributed by atoms with Crippen molar-refractivity contribution in [3.63, 3.8) is 0 Å². The number of phenols is 1. The third kappa shape index (κ3) is 4.83. The largest absolute Gasteiger partial charge is 0.508 e. The van der Waals surface area contributed by atoms with Gasteiger partial charge in [0.25, 0.3) is 5.91 Å². The number of amides is 3. The number of imide groups is 1. The molecule has 4 N–H and O–H groups in total. The van der Waals surface area contributed by atoms with Crippen molar-refractivity contribution in [2.45, 2.75) is 42.5 Å². The topological polar surface area (TPSA) is 166 Å². The second-order valence-electron chi connectivity index (χ2n) is 12.5. The minimum absolute atomic E-state index is 0.0429. The number of aromatic hydroxyl groups is 1. The molecule has 2 bridgehead atoms. The van der Waals surface area contributed by atoms with Crippen molar-refractivity contribution in [2.24, 2.45) is 35.5 Å². The summed E-state index contributed by atoms with van der Waals surface area (Å²) >= 11 is 2.70. The molecular formula is C32H31N3O8S2. The van der Waals surface area contributed by atoms with E-state index < -0.39 is 35.7 Å². The molecule has 234 valence electrons. The first-order valence-corrected chi connectivity index (χ1v) is 16.5. The van der Waals surface area contributed by atoms with Crippen LogP contribution >= 0.6 is 23.1 Å². The minimum Gasteiger partial charge on any atom is -0.508 e. The normalized spacial score (nSPS) is 28.5. The van der Waals surface area contributed by atoms with E-state index in [0.717, 1.165) is 31.7 Å². The van der Waals surface area contributed by atoms with Gasteiger partial charge in [0, 0.05) is 21.7 Å². The number of nitrogens with one attached hydrogen (secondary N) is 2. The Morgan fingerprint density at radius 1 is 1.07 bits per heavy atom. The van der Waals surface area contributed by atoms with Gasteiger partial charge in [-0.15, -0.1) is 11.8 Å². The van der Waals surface area contributed by atoms with Gasteiger partial charge in [0.1, 0.15) is 17.5 Å². The maximum atomic E-state index is 13.9. The SMILES string of the molecule is CC(C)C(C(=O)O)N1C(=O)C2C3CC(C2C1=O)C1C3Sc2[nH]c(=O)sc2[C@@H]1c1cccc(OCC(=O)Nc2ccc(O)cc2)c1. The van der Waals surface area contributed by atoms with Gasteiger partial charge in [-0.1, -0.05) is 37.3 Å². The molecule has 3 fully saturated rings. The lowest BCUT2D eigenvalue weighted by Gasteiger charge is -2.43. The fourth-order valence-electron chi connectivity index (χ4n) is 8.07. The van der Waals surface area contributed by atoms with Gasteiger partial charge in [-0.2, -0.15) is 0 Å². The number of carboxylic acid groups (broad SMARTS) is 1. The lowest BCUT2D eigenvalue weighted by molar-refractivity contribution is -0.157. The van der Waals surface area contributed by atoms with Crippen LogP contribution < -0.4 is 14.9 Å². The summed E-state index contributed by atoms with van der Waals surface area (Å²) in [6, 6.07) is 12.3. The van der Waals surface area contributed by atoms with Crippen molar-refractivity contribution in [3.05, 3.63) is 68.6 Å². The number of ether oxygens (including phenoxy) is 1. The highest BCUT2D eigenvalue weighted by atomic mass is 32.2. The van der Waals surface area contributed by atoms with Crippen LogP contribution in [0.1, 0.15) is 36.6 Å². The highest BCUT2D eigenvalue weighted by Crippen LogP contribution is 2.68. The molecule has 45 heavy (non-hydrogen) atoms. The number of anilines is 1. The van der Waals surface area contributed by atoms with Crippen LogP contribution in [0.3, 0.4) is 0 Å². The second-order valence-corrected chi connectivity index (χ2v) is 14.7. The van der Waals surface area contributed by atoms with Gasteiger partial charge < -0.3 is 25.3 Å². The van der Waals surface area contributed by atoms with Crippen LogP contribution in [0, 0.1) is 35.5 Å². The van der Waals surface area contributed by atoms with Gasteiger partial charge in [0.05, 0.1) is 16.9 Å². The molecule has 0 radical (unpaired) electrons. The Morgan fingerprint density at radius 3 is 2.47 bits per heavy atom. The van der Waals surface area contributed by atoms with E-state index in [1.807, 2.05) is 18.2 Å². The fourth-order valence-corrected chi connectivity index (χ4v) is 11.0. The smallest absolute Gasteiger partial charge is 0.327 e. The molecule has 3 amide bonds. The number of aromatic amines is 1. The molecule has 3 aromatic rings. The summed E-state index contributed by atoms with van der Waals surface area (Å²) in [5, 5.41) is 22.8. The fraction of sp³-hybridized carbons (Fsp3) is 0.406. The van der Waals surface area contributed by atoms with E-state index in [2.05, 4.69) is 10.3 Å². The second kappa shape index (κ2) is 11.1. The Hall–Kier alpha value is -4.10. The molecule has 4 aliphatic rings. The number of hydrogen-bond donors (Lipinski definition) is 4. The molecule has 7 unspecified atom stereocenters. The number of H-pyrrole nitrogens is 1. The number of hydrogen-bond acceptors (Lipinski definition) is 9. The molecule has 1 saturated heterocycles. The summed E-state index contributed by atoms with van der Waals surface area (Å²) in [5.41, 5.74) is 1.40. The predicted molar refractivity (Wildman–Crippen MR) is 165 cm³/mol. The number of thiazole rings is 1. The average molecular weight is 650 g/mol. The van der Waals surface area contributed by atoms with Crippen LogP contribution in [0.15, 0.2) is 58.4 Å². The first kappa shape index (κ1) is 29.6. The number of aliphatic carboxylic acids is 1. The number of thioether (sulfide) groups is 1. The predicted octanol–water partition coefficient (Wildman–Crippen LogP) is 3.74. The molecular weight excluding hydrogens is 618 g/mol. The van der Waals surface area contributed by atoms with E-state index >= 15 is 0 Å². The summed E-state index contributed by atoms with van der Waals surface area (Å²) in [4.78, 5) is 69.6. The quantitative estimate of drug-likeness (QED) is 0.210. The van der Waals surface area contributed by atoms with Crippen molar-refractivity contribution in [1.29, 1.82) is 0 Å². The number of benzene rings is 2. The summed E-state index contributed by atoms with van der Waals surface area (Å²) in [5.74, 6) is -3.97. The molecule has 8 atom stereocenters. The number of nitrogens with zero attached hydrogens (tertiary/aromatic N) is 1. The maximum absolute atomic E-state index is 13.9. The van der Waals surface area contributed by atoms with Crippen LogP contribution in [-0.4, -0.2) is 61.7 Å². The summed E-state index contributed by atoms with van der Waals surface area (Å²) in [6.45, 7) is 3.16. The van der Waals surface area contributed by atoms with E-state index in [-0.39, 0.29) is 58.0 Å². The monoisotopic (exact) mass is 649 g/mol. The van der Waals surface area contributed by atoms with E-state index in [9.17, 15) is 34.2 Å². The molecule has 7 rings (SSSR count). The van der Waals surface area contributed by atoms with Gasteiger partial charge in [-0.25, -0.2) is 4.79 Å². The molecule has 13 heteroatoms. The van der Waals surface area contributed by atoms with Crippen LogP contribution in [0.5, 0.6) is 11.5 Å². The van der Waals surface area contributed by atoms with Crippen LogP contribution in [0.2, 0.25) is 0 Å². The van der Waals surface area contributed by atoms with E-state index in [4.69, 9.17) is 4.74 Å². The first-order valence-electron chi connectivity index (χ1n) is 14.8. The number of likely N-dealkylation sites (tertiary alicyclic amines) is 1. The summed E-state index contributed by atoms with van der Waals surface area (Å²) in [6.07, 6.45) is 0.686. The molecule has 2 saturated carbocycles. The molecule has 3 heterocycles. The molecule has 2 aromatic carbocycles. The van der Waals surface area contributed by atoms with Crippen molar-refractivity contribution in [1.82, 2.24) is 9.88 Å². The Bertz CT molecular complexity index is 1770. The van der Waals surface area contributed by atoms with E-state index in [0.29, 0.717) is 17.9 Å². The zero-order chi connectivity index (χ0) is 31.7. The summed E-state index contributed by atoms with van der Waals surface area (Å²) in [7, 11) is 0. The van der Waals surface area contributed by atoms with Crippen molar-refractivity contribution in [3.8, 4) is 11.5 Å². The first-order chi connectivity index (χ1) is 21.5. The third-order valence-corrected chi connectivity index (χ3v) is 12.2. The molecule has 2 aliphatic carbocycles. The Labute approximate surface area is 266 Å². The lowest BCUT2D eigenvalue weighted by atomic mass is 9.68. The Kier molecular flexibility index (Phi) is 7.27. The van der Waals surface area contributed by atoms with Crippen molar-refractivity contribution < 1.29 is 34.1 Å². The van der Waals surface area contributed by atoms with Gasteiger partial charge in [-0.05, 0) is 72.1 Å². The number of carbonyl (C=O) groups is 4. The average Bonchev–Trinajstić information content (AvgIpc) is 3.73. The van der Waals surface area contributed by atoms with Crippen LogP contribution in [-0.2, 0) is 19.2 Å². The van der Waals surface area contributed by atoms with Gasteiger partial charge in [0.15, 0.2) is 6.61 Å². The Morgan fingerprint density at radius 2 is 1.78 bits per heavy atom. The zero-order valence-corrected chi connectivity index (χ0v) is 26.0. The molecule has 11 nitrogen and oxygen atoms in total. The molecule has 0 spiro atoms. The van der Waals surface area contributed by atoms with Crippen LogP contribution in [0.25, 0.3) is 0 Å². The highest BCUT2D eigenvalue weighted by molar-refractivity contribution is 8.00. The van der Waals surface area contributed by atoms with Crippen molar-refractivity contribution in [2.75, 3.05) is 11.9 Å². The number of carbonyl (C=O) groups excluding carboxylic acids is 3. The highest BCUT2D eigenvalue weighted by Gasteiger charge is 2.70. The number of rotatable bonds is 8. The third-order valence-electron chi connectivity index (χ3n) is 9.66. The molecule has 1 aromatic heterocycles. The number of phenolic OH excluding ortho intramolecular Hbond substituents is 1. The van der Waals surface area contributed by atoms with Gasteiger partial charge in [0.2, 0.25) is 11.8 Å². The summed E-state index contributed by atoms with van der Waals surface area (Å²) < 4.78 is 5.85. The van der Waals surface area contributed by atoms with Gasteiger partial charge >= 0.3 is 10.8 Å². The Balaban J connectivity index is 1.18. The lowest BCUT2D eigenvalue weighted by Crippen LogP contribution is -2.49. The zero-order valence-electron chi connectivity index (χ0n) is 24.3. The molecule has 2 aliphatic heterocycles. The van der Waals surface area contributed by atoms with E-state index in [1.165, 1.54) is 12.1 Å². The van der Waals surface area contributed by atoms with Crippen LogP contribution in [0.4, 0.5) is 5.69 Å². The minimum atomic E-state index is -1.21. The number of fused-ring (bicyclic) bond motifs is 9. The number of carboxylic acids is 1. The maximum Gasteiger partial charge on any atom is 0.327 e. The van der Waals surface area contributed by atoms with Crippen molar-refractivity contribution >= 4 is 52.5 Å². The standard InChI is InChI=1S/C32H31N3O8S2/c1-13(2)25(31(40)41)35-29(38)23-18-11-19(24(23)30(35)39)26-22(18)21(27-28(44-26)34-32(42)45-27)14-4-3-5-17(10-14)43-12-20(37)33-15-6-8-16(36)9-7-15/h3-10,13,18-19,21-26,36H,11-12H2,1-2H3,(H,33,37)(H,34,42)(H,40,41)/t18?,19?,21-,22?,23?,24?,25?,26?/m1/s1. The number of aromatic nitrogens is 1.